The predicted molar refractivity (Wildman–Crippen MR) is 85.8 cm³/mol. The minimum Gasteiger partial charge on any atom is -0.378 e. The van der Waals surface area contributed by atoms with Crippen molar-refractivity contribution in [3.8, 4) is 0 Å². The van der Waals surface area contributed by atoms with Gasteiger partial charge in [0.2, 0.25) is 5.91 Å². The van der Waals surface area contributed by atoms with Crippen molar-refractivity contribution in [2.45, 2.75) is 31.7 Å². The Bertz CT molecular complexity index is 499. The van der Waals surface area contributed by atoms with Gasteiger partial charge in [-0.3, -0.25) is 4.79 Å². The number of nitrogens with two attached hydrogens (primary N) is 1. The van der Waals surface area contributed by atoms with E-state index in [-0.39, 0.29) is 17.9 Å². The van der Waals surface area contributed by atoms with Crippen LogP contribution in [-0.4, -0.2) is 43.2 Å². The van der Waals surface area contributed by atoms with Crippen molar-refractivity contribution in [3.05, 3.63) is 18.3 Å². The Balaban J connectivity index is 1.57. The second-order valence-corrected chi connectivity index (χ2v) is 6.11. The SMILES string of the molecule is NC1CCCC(C(=O)Nc2ccc(N3CCOCC3)cn2)C1. The van der Waals surface area contributed by atoms with Gasteiger partial charge in [0.1, 0.15) is 5.82 Å². The van der Waals surface area contributed by atoms with Crippen molar-refractivity contribution in [1.29, 1.82) is 0 Å². The molecule has 1 aliphatic carbocycles. The average molecular weight is 304 g/mol. The molecule has 2 aliphatic rings. The van der Waals surface area contributed by atoms with Crippen molar-refractivity contribution in [3.63, 3.8) is 0 Å². The van der Waals surface area contributed by atoms with Crippen LogP contribution in [0.2, 0.25) is 0 Å². The van der Waals surface area contributed by atoms with Gasteiger partial charge in [0.05, 0.1) is 25.1 Å². The van der Waals surface area contributed by atoms with Crippen molar-refractivity contribution < 1.29 is 9.53 Å². The quantitative estimate of drug-likeness (QED) is 0.881. The average Bonchev–Trinajstić information content (AvgIpc) is 2.56. The van der Waals surface area contributed by atoms with E-state index in [2.05, 4.69) is 15.2 Å². The lowest BCUT2D eigenvalue weighted by atomic mass is 9.85. The first-order valence-electron chi connectivity index (χ1n) is 8.07. The smallest absolute Gasteiger partial charge is 0.228 e. The number of hydrogen-bond acceptors (Lipinski definition) is 5. The lowest BCUT2D eigenvalue weighted by Gasteiger charge is -2.28. The molecule has 2 atom stereocenters. The molecule has 1 aliphatic heterocycles. The van der Waals surface area contributed by atoms with E-state index < -0.39 is 0 Å². The van der Waals surface area contributed by atoms with Gasteiger partial charge < -0.3 is 20.7 Å². The Morgan fingerprint density at radius 1 is 1.32 bits per heavy atom. The molecule has 6 nitrogen and oxygen atoms in total. The molecule has 2 heterocycles. The number of nitrogens with zero attached hydrogens (tertiary/aromatic N) is 2. The summed E-state index contributed by atoms with van der Waals surface area (Å²) in [5.41, 5.74) is 7.02. The molecule has 3 rings (SSSR count). The fourth-order valence-corrected chi connectivity index (χ4v) is 3.16. The zero-order valence-corrected chi connectivity index (χ0v) is 12.8. The van der Waals surface area contributed by atoms with E-state index in [1.54, 1.807) is 0 Å². The Morgan fingerprint density at radius 3 is 2.82 bits per heavy atom. The van der Waals surface area contributed by atoms with Gasteiger partial charge in [-0.25, -0.2) is 4.98 Å². The minimum absolute atomic E-state index is 0.0180. The van der Waals surface area contributed by atoms with Crippen LogP contribution >= 0.6 is 0 Å². The number of anilines is 2. The molecule has 22 heavy (non-hydrogen) atoms. The number of rotatable bonds is 3. The summed E-state index contributed by atoms with van der Waals surface area (Å²) in [6, 6.07) is 4.02. The van der Waals surface area contributed by atoms with E-state index >= 15 is 0 Å². The molecule has 0 radical (unpaired) electrons. The van der Waals surface area contributed by atoms with Gasteiger partial charge in [-0.15, -0.1) is 0 Å². The lowest BCUT2D eigenvalue weighted by Crippen LogP contribution is -2.36. The second kappa shape index (κ2) is 7.07. The first-order chi connectivity index (χ1) is 10.7. The summed E-state index contributed by atoms with van der Waals surface area (Å²) in [5, 5.41) is 2.91. The van der Waals surface area contributed by atoms with Crippen molar-refractivity contribution in [1.82, 2.24) is 4.98 Å². The van der Waals surface area contributed by atoms with Crippen molar-refractivity contribution >= 4 is 17.4 Å². The van der Waals surface area contributed by atoms with E-state index in [1.165, 1.54) is 0 Å². The van der Waals surface area contributed by atoms with Gasteiger partial charge in [-0.1, -0.05) is 6.42 Å². The molecule has 120 valence electrons. The van der Waals surface area contributed by atoms with E-state index in [0.717, 1.165) is 57.7 Å². The number of nitrogens with one attached hydrogen (secondary N) is 1. The highest BCUT2D eigenvalue weighted by Crippen LogP contribution is 2.24. The van der Waals surface area contributed by atoms with Crippen LogP contribution in [0.4, 0.5) is 11.5 Å². The third kappa shape index (κ3) is 3.75. The third-order valence-electron chi connectivity index (χ3n) is 4.46. The normalized spacial score (nSPS) is 25.8. The summed E-state index contributed by atoms with van der Waals surface area (Å²) in [6.07, 6.45) is 5.57. The molecule has 0 aromatic carbocycles. The Labute approximate surface area is 131 Å². The largest absolute Gasteiger partial charge is 0.378 e. The third-order valence-corrected chi connectivity index (χ3v) is 4.46. The minimum atomic E-state index is 0.0180. The van der Waals surface area contributed by atoms with Gasteiger partial charge >= 0.3 is 0 Å². The highest BCUT2D eigenvalue weighted by molar-refractivity contribution is 5.91. The predicted octanol–water partition coefficient (Wildman–Crippen LogP) is 1.37. The van der Waals surface area contributed by atoms with Crippen LogP contribution < -0.4 is 16.0 Å². The molecule has 2 fully saturated rings. The van der Waals surface area contributed by atoms with Crippen LogP contribution in [0.3, 0.4) is 0 Å². The van der Waals surface area contributed by atoms with Crippen LogP contribution in [0.1, 0.15) is 25.7 Å². The van der Waals surface area contributed by atoms with Crippen molar-refractivity contribution in [2.75, 3.05) is 36.5 Å². The highest BCUT2D eigenvalue weighted by atomic mass is 16.5. The Morgan fingerprint density at radius 2 is 2.14 bits per heavy atom. The summed E-state index contributed by atoms with van der Waals surface area (Å²) < 4.78 is 5.34. The Kier molecular flexibility index (Phi) is 4.90. The summed E-state index contributed by atoms with van der Waals surface area (Å²) in [6.45, 7) is 3.27. The molecule has 2 unspecified atom stereocenters. The first kappa shape index (κ1) is 15.2. The topological polar surface area (TPSA) is 80.5 Å². The van der Waals surface area contributed by atoms with Crippen LogP contribution in [0.25, 0.3) is 0 Å². The van der Waals surface area contributed by atoms with Gasteiger partial charge in [0.25, 0.3) is 0 Å². The maximum Gasteiger partial charge on any atom is 0.228 e. The van der Waals surface area contributed by atoms with Crippen LogP contribution in [0.5, 0.6) is 0 Å². The van der Waals surface area contributed by atoms with Crippen LogP contribution in [-0.2, 0) is 9.53 Å². The molecule has 1 saturated heterocycles. The standard InChI is InChI=1S/C16H24N4O2/c17-13-3-1-2-12(10-13)16(21)19-15-5-4-14(11-18-15)20-6-8-22-9-7-20/h4-5,11-13H,1-3,6-10,17H2,(H,18,19,21). The second-order valence-electron chi connectivity index (χ2n) is 6.11. The fraction of sp³-hybridized carbons (Fsp3) is 0.625. The molecular weight excluding hydrogens is 280 g/mol. The first-order valence-corrected chi connectivity index (χ1v) is 8.07. The van der Waals surface area contributed by atoms with E-state index in [9.17, 15) is 4.79 Å². The van der Waals surface area contributed by atoms with E-state index in [0.29, 0.717) is 5.82 Å². The summed E-state index contributed by atoms with van der Waals surface area (Å²) in [4.78, 5) is 18.9. The molecule has 1 aromatic heterocycles. The molecule has 0 spiro atoms. The Hall–Kier alpha value is -1.66. The lowest BCUT2D eigenvalue weighted by molar-refractivity contribution is -0.120. The maximum absolute atomic E-state index is 12.3. The number of amides is 1. The molecule has 0 bridgehead atoms. The number of ether oxygens (including phenoxy) is 1. The zero-order chi connectivity index (χ0) is 15.4. The molecule has 1 amide bonds. The van der Waals surface area contributed by atoms with Crippen LogP contribution in [0, 0.1) is 5.92 Å². The summed E-state index contributed by atoms with van der Waals surface area (Å²) in [5.74, 6) is 0.674. The number of carbonyl (C=O) groups is 1. The number of carbonyl (C=O) groups excluding carboxylic acids is 1. The molecular formula is C16H24N4O2. The number of pyridine rings is 1. The highest BCUT2D eigenvalue weighted by Gasteiger charge is 2.25. The van der Waals surface area contributed by atoms with Crippen LogP contribution in [0.15, 0.2) is 18.3 Å². The number of hydrogen-bond donors (Lipinski definition) is 2. The molecule has 1 saturated carbocycles. The van der Waals surface area contributed by atoms with Gasteiger partial charge in [0, 0.05) is 25.0 Å². The molecule has 3 N–H and O–H groups in total. The summed E-state index contributed by atoms with van der Waals surface area (Å²) in [7, 11) is 0. The van der Waals surface area contributed by atoms with Gasteiger partial charge in [-0.2, -0.15) is 0 Å². The number of morpholine rings is 1. The van der Waals surface area contributed by atoms with Crippen molar-refractivity contribution in [2.24, 2.45) is 11.7 Å². The molecule has 6 heteroatoms. The zero-order valence-electron chi connectivity index (χ0n) is 12.8. The molecule has 1 aromatic rings. The monoisotopic (exact) mass is 304 g/mol. The number of aromatic nitrogens is 1. The van der Waals surface area contributed by atoms with E-state index in [1.807, 2.05) is 18.3 Å². The fourth-order valence-electron chi connectivity index (χ4n) is 3.16. The summed E-state index contributed by atoms with van der Waals surface area (Å²) >= 11 is 0. The van der Waals surface area contributed by atoms with E-state index in [4.69, 9.17) is 10.5 Å². The van der Waals surface area contributed by atoms with Gasteiger partial charge in [-0.05, 0) is 31.4 Å². The van der Waals surface area contributed by atoms with Gasteiger partial charge in [0.15, 0.2) is 0 Å². The maximum atomic E-state index is 12.3.